The first-order valence-electron chi connectivity index (χ1n) is 2.23. The summed E-state index contributed by atoms with van der Waals surface area (Å²) in [5, 5.41) is 0. The van der Waals surface area contributed by atoms with Crippen molar-refractivity contribution >= 4 is 0 Å². The topological polar surface area (TPSA) is 0 Å². The van der Waals surface area contributed by atoms with Gasteiger partial charge in [-0.3, -0.25) is 4.70 Å². The number of hydrogen-bond donors (Lipinski definition) is 0. The molecule has 0 unspecified atom stereocenters. The Bertz CT molecular complexity index is 101. The van der Waals surface area contributed by atoms with E-state index in [0.29, 0.717) is 0 Å². The number of allylic oxidation sites excluding steroid dienone is 4. The summed E-state index contributed by atoms with van der Waals surface area (Å²) in [5.41, 5.74) is 1.15. The Kier molecular flexibility index (Phi) is 7.84. The quantitative estimate of drug-likeness (QED) is 0.484. The van der Waals surface area contributed by atoms with Gasteiger partial charge in [0.05, 0.1) is 0 Å². The van der Waals surface area contributed by atoms with E-state index >= 15 is 0 Å². The standard InChI is InChI=1S/C7H10.FH/c1-4-6-7(3)5-2;/h4-6H,1-2H2,3H3;1H/b7-6-;. The van der Waals surface area contributed by atoms with Gasteiger partial charge in [-0.15, -0.1) is 0 Å². The summed E-state index contributed by atoms with van der Waals surface area (Å²) in [6, 6.07) is 0. The van der Waals surface area contributed by atoms with E-state index in [0.717, 1.165) is 5.57 Å². The summed E-state index contributed by atoms with van der Waals surface area (Å²) in [6.45, 7) is 9.07. The Labute approximate surface area is 49.6 Å². The van der Waals surface area contributed by atoms with E-state index in [2.05, 4.69) is 13.2 Å². The maximum Gasteiger partial charge on any atom is -0.0398 e. The molecule has 0 aromatic heterocycles. The highest BCUT2D eigenvalue weighted by Crippen LogP contribution is 1.90. The highest BCUT2D eigenvalue weighted by Gasteiger charge is 1.68. The van der Waals surface area contributed by atoms with E-state index in [-0.39, 0.29) is 4.70 Å². The van der Waals surface area contributed by atoms with E-state index in [1.807, 2.05) is 13.0 Å². The summed E-state index contributed by atoms with van der Waals surface area (Å²) < 4.78 is 0. The third-order valence-corrected chi connectivity index (χ3v) is 0.703. The van der Waals surface area contributed by atoms with Gasteiger partial charge in [-0.1, -0.05) is 37.0 Å². The Morgan fingerprint density at radius 1 is 1.38 bits per heavy atom. The zero-order chi connectivity index (χ0) is 5.70. The van der Waals surface area contributed by atoms with Crippen LogP contribution in [-0.2, 0) is 0 Å². The second-order valence-electron chi connectivity index (χ2n) is 1.35. The lowest BCUT2D eigenvalue weighted by atomic mass is 10.3. The fourth-order valence-corrected chi connectivity index (χ4v) is 0.254. The van der Waals surface area contributed by atoms with Crippen LogP contribution >= 0.6 is 0 Å². The Morgan fingerprint density at radius 2 is 1.88 bits per heavy atom. The van der Waals surface area contributed by atoms with Gasteiger partial charge in [-0.05, 0) is 6.92 Å². The molecule has 0 aromatic carbocycles. The second kappa shape index (κ2) is 6.15. The molecule has 0 fully saturated rings. The van der Waals surface area contributed by atoms with E-state index < -0.39 is 0 Å². The maximum atomic E-state index is 3.56. The van der Waals surface area contributed by atoms with Crippen LogP contribution in [0.5, 0.6) is 0 Å². The fourth-order valence-electron chi connectivity index (χ4n) is 0.254. The predicted molar refractivity (Wildman–Crippen MR) is 36.7 cm³/mol. The molecule has 0 saturated carbocycles. The first-order valence-corrected chi connectivity index (χ1v) is 2.23. The van der Waals surface area contributed by atoms with Crippen molar-refractivity contribution in [1.82, 2.24) is 0 Å². The molecule has 0 aromatic rings. The van der Waals surface area contributed by atoms with Crippen LogP contribution in [0, 0.1) is 0 Å². The molecule has 8 heavy (non-hydrogen) atoms. The van der Waals surface area contributed by atoms with Crippen LogP contribution in [0.3, 0.4) is 0 Å². The van der Waals surface area contributed by atoms with Crippen LogP contribution in [0.25, 0.3) is 0 Å². The smallest absolute Gasteiger partial charge is 0.0398 e. The molecule has 0 aliphatic carbocycles. The van der Waals surface area contributed by atoms with Gasteiger partial charge in [0, 0.05) is 0 Å². The summed E-state index contributed by atoms with van der Waals surface area (Å²) >= 11 is 0. The molecule has 0 aliphatic rings. The SMILES string of the molecule is C=C/C=C(/C)C=C.F. The van der Waals surface area contributed by atoms with Crippen LogP contribution in [-0.4, -0.2) is 0 Å². The van der Waals surface area contributed by atoms with Gasteiger partial charge < -0.3 is 0 Å². The third-order valence-electron chi connectivity index (χ3n) is 0.703. The molecule has 0 bridgehead atoms. The minimum Gasteiger partial charge on any atom is -0.269 e. The molecule has 0 amide bonds. The van der Waals surface area contributed by atoms with Gasteiger partial charge in [-0.2, -0.15) is 0 Å². The first-order chi connectivity index (χ1) is 3.31. The van der Waals surface area contributed by atoms with Gasteiger partial charge in [0.2, 0.25) is 0 Å². The van der Waals surface area contributed by atoms with Crippen molar-refractivity contribution in [2.24, 2.45) is 0 Å². The highest BCUT2D eigenvalue weighted by atomic mass is 19.0. The van der Waals surface area contributed by atoms with Crippen LogP contribution in [0.15, 0.2) is 37.0 Å². The molecule has 0 rings (SSSR count). The van der Waals surface area contributed by atoms with Crippen molar-refractivity contribution in [2.75, 3.05) is 0 Å². The largest absolute Gasteiger partial charge is 0.269 e. The summed E-state index contributed by atoms with van der Waals surface area (Å²) in [7, 11) is 0. The van der Waals surface area contributed by atoms with E-state index in [1.54, 1.807) is 12.2 Å². The first kappa shape index (κ1) is 10.2. The van der Waals surface area contributed by atoms with Gasteiger partial charge in [0.25, 0.3) is 0 Å². The maximum absolute atomic E-state index is 3.56. The van der Waals surface area contributed by atoms with Crippen molar-refractivity contribution in [3.05, 3.63) is 37.0 Å². The molecule has 0 nitrogen and oxygen atoms in total. The van der Waals surface area contributed by atoms with Gasteiger partial charge in [0.15, 0.2) is 0 Å². The Morgan fingerprint density at radius 3 is 2.00 bits per heavy atom. The summed E-state index contributed by atoms with van der Waals surface area (Å²) in [6.07, 6.45) is 5.45. The van der Waals surface area contributed by atoms with Crippen molar-refractivity contribution < 1.29 is 4.70 Å². The molecule has 1 heteroatoms. The summed E-state index contributed by atoms with van der Waals surface area (Å²) in [4.78, 5) is 0. The normalized spacial score (nSPS) is 9.38. The molecular formula is C7H11F. The molecule has 0 aliphatic heterocycles. The van der Waals surface area contributed by atoms with Gasteiger partial charge in [-0.25, -0.2) is 0 Å². The minimum absolute atomic E-state index is 0. The van der Waals surface area contributed by atoms with Crippen molar-refractivity contribution in [3.63, 3.8) is 0 Å². The van der Waals surface area contributed by atoms with Crippen molar-refractivity contribution in [3.8, 4) is 0 Å². The lowest BCUT2D eigenvalue weighted by Crippen LogP contribution is -1.58. The molecule has 0 heterocycles. The van der Waals surface area contributed by atoms with E-state index in [4.69, 9.17) is 0 Å². The number of hydrogen-bond acceptors (Lipinski definition) is 0. The zero-order valence-electron chi connectivity index (χ0n) is 5.05. The molecular weight excluding hydrogens is 103 g/mol. The average Bonchev–Trinajstić information content (AvgIpc) is 1.68. The van der Waals surface area contributed by atoms with Gasteiger partial charge >= 0.3 is 0 Å². The monoisotopic (exact) mass is 114 g/mol. The molecule has 0 spiro atoms. The Balaban J connectivity index is 0. The van der Waals surface area contributed by atoms with Crippen LogP contribution in [0.4, 0.5) is 4.70 Å². The van der Waals surface area contributed by atoms with Crippen LogP contribution in [0.2, 0.25) is 0 Å². The second-order valence-corrected chi connectivity index (χ2v) is 1.35. The molecule has 0 atom stereocenters. The average molecular weight is 114 g/mol. The number of halogens is 1. The zero-order valence-corrected chi connectivity index (χ0v) is 5.05. The molecule has 46 valence electrons. The van der Waals surface area contributed by atoms with E-state index in [9.17, 15) is 0 Å². The predicted octanol–water partition coefficient (Wildman–Crippen LogP) is 2.46. The van der Waals surface area contributed by atoms with Crippen LogP contribution in [0.1, 0.15) is 6.92 Å². The van der Waals surface area contributed by atoms with E-state index in [1.165, 1.54) is 0 Å². The summed E-state index contributed by atoms with van der Waals surface area (Å²) in [5.74, 6) is 0. The van der Waals surface area contributed by atoms with Crippen LogP contribution < -0.4 is 0 Å². The third kappa shape index (κ3) is 5.15. The van der Waals surface area contributed by atoms with Crippen molar-refractivity contribution in [2.45, 2.75) is 6.92 Å². The lowest BCUT2D eigenvalue weighted by Gasteiger charge is -1.80. The molecule has 0 radical (unpaired) electrons. The van der Waals surface area contributed by atoms with Gasteiger partial charge in [0.1, 0.15) is 0 Å². The Hall–Kier alpha value is -0.850. The molecule has 0 N–H and O–H groups in total. The fraction of sp³-hybridized carbons (Fsp3) is 0.143. The number of rotatable bonds is 2. The lowest BCUT2D eigenvalue weighted by molar-refractivity contribution is 1.11. The minimum atomic E-state index is 0. The van der Waals surface area contributed by atoms with Crippen molar-refractivity contribution in [1.29, 1.82) is 0 Å². The highest BCUT2D eigenvalue weighted by molar-refractivity contribution is 5.17. The molecule has 0 saturated heterocycles.